The first-order valence-corrected chi connectivity index (χ1v) is 8.84. The highest BCUT2D eigenvalue weighted by Gasteiger charge is 2.41. The summed E-state index contributed by atoms with van der Waals surface area (Å²) in [6, 6.07) is 9.30. The minimum atomic E-state index is -0.415. The van der Waals surface area contributed by atoms with Gasteiger partial charge in [0.15, 0.2) is 5.11 Å². The number of nitrogens with one attached hydrogen (secondary N) is 1. The fourth-order valence-corrected chi connectivity index (χ4v) is 3.51. The van der Waals surface area contributed by atoms with Crippen molar-refractivity contribution in [2.24, 2.45) is 0 Å². The topological polar surface area (TPSA) is 65.4 Å². The standard InChI is InChI=1S/C19H21N3O2S/c1-11(2)24-18(23)16-12(3)22(15-7-8-15)19(25)21-17(16)14-6-4-5-13(9-14)10-20/h4-6,9,11,15,17H,7-8H2,1-3H3,(H,21,25). The molecule has 0 amide bonds. The van der Waals surface area contributed by atoms with Gasteiger partial charge in [0.2, 0.25) is 0 Å². The SMILES string of the molecule is CC1=C(C(=O)OC(C)C)C(c2cccc(C#N)c2)NC(=S)N1C1CC1. The molecule has 1 fully saturated rings. The summed E-state index contributed by atoms with van der Waals surface area (Å²) in [7, 11) is 0. The summed E-state index contributed by atoms with van der Waals surface area (Å²) in [5.74, 6) is -0.347. The van der Waals surface area contributed by atoms with Gasteiger partial charge in [-0.15, -0.1) is 0 Å². The van der Waals surface area contributed by atoms with Gasteiger partial charge in [0.25, 0.3) is 0 Å². The molecule has 1 aliphatic carbocycles. The molecule has 6 heteroatoms. The molecule has 2 aliphatic rings. The molecule has 1 unspecified atom stereocenters. The number of nitrogens with zero attached hydrogens (tertiary/aromatic N) is 2. The molecule has 1 N–H and O–H groups in total. The smallest absolute Gasteiger partial charge is 0.338 e. The summed E-state index contributed by atoms with van der Waals surface area (Å²) in [5, 5.41) is 13.1. The van der Waals surface area contributed by atoms with Crippen LogP contribution in [0.1, 0.15) is 50.8 Å². The van der Waals surface area contributed by atoms with Crippen LogP contribution in [0.25, 0.3) is 0 Å². The minimum Gasteiger partial charge on any atom is -0.459 e. The van der Waals surface area contributed by atoms with Crippen molar-refractivity contribution in [1.29, 1.82) is 5.26 Å². The van der Waals surface area contributed by atoms with E-state index < -0.39 is 6.04 Å². The molecular weight excluding hydrogens is 334 g/mol. The molecule has 25 heavy (non-hydrogen) atoms. The van der Waals surface area contributed by atoms with E-state index in [-0.39, 0.29) is 12.1 Å². The van der Waals surface area contributed by atoms with Gasteiger partial charge in [-0.2, -0.15) is 5.26 Å². The summed E-state index contributed by atoms with van der Waals surface area (Å²) in [5.41, 5.74) is 2.77. The number of esters is 1. The quantitative estimate of drug-likeness (QED) is 0.661. The maximum Gasteiger partial charge on any atom is 0.338 e. The van der Waals surface area contributed by atoms with E-state index in [0.717, 1.165) is 24.1 Å². The maximum absolute atomic E-state index is 12.8. The van der Waals surface area contributed by atoms with Gasteiger partial charge >= 0.3 is 5.97 Å². The number of rotatable bonds is 4. The van der Waals surface area contributed by atoms with Crippen LogP contribution in [-0.2, 0) is 9.53 Å². The fraction of sp³-hybridized carbons (Fsp3) is 0.421. The molecule has 1 aliphatic heterocycles. The molecule has 1 aromatic carbocycles. The van der Waals surface area contributed by atoms with Gasteiger partial charge in [-0.25, -0.2) is 4.79 Å². The van der Waals surface area contributed by atoms with Gasteiger partial charge in [-0.1, -0.05) is 12.1 Å². The fourth-order valence-electron chi connectivity index (χ4n) is 3.11. The molecule has 0 aromatic heterocycles. The molecular formula is C19H21N3O2S. The Morgan fingerprint density at radius 1 is 1.44 bits per heavy atom. The van der Waals surface area contributed by atoms with Gasteiger partial charge in [0.05, 0.1) is 29.4 Å². The van der Waals surface area contributed by atoms with Crippen LogP contribution in [0.15, 0.2) is 35.5 Å². The molecule has 0 spiro atoms. The van der Waals surface area contributed by atoms with Gasteiger partial charge < -0.3 is 15.0 Å². The van der Waals surface area contributed by atoms with Crippen LogP contribution >= 0.6 is 12.2 Å². The van der Waals surface area contributed by atoms with Crippen LogP contribution in [0.2, 0.25) is 0 Å². The molecule has 0 saturated heterocycles. The van der Waals surface area contributed by atoms with E-state index in [9.17, 15) is 10.1 Å². The monoisotopic (exact) mass is 355 g/mol. The normalized spacial score (nSPS) is 20.4. The van der Waals surface area contributed by atoms with Crippen molar-refractivity contribution >= 4 is 23.3 Å². The summed E-state index contributed by atoms with van der Waals surface area (Å²) in [4.78, 5) is 14.8. The second-order valence-corrected chi connectivity index (χ2v) is 7.06. The Labute approximate surface area is 153 Å². The highest BCUT2D eigenvalue weighted by atomic mass is 32.1. The van der Waals surface area contributed by atoms with E-state index in [1.807, 2.05) is 37.8 Å². The second kappa shape index (κ2) is 6.85. The number of nitriles is 1. The third-order valence-electron chi connectivity index (χ3n) is 4.35. The zero-order valence-corrected chi connectivity index (χ0v) is 15.4. The summed E-state index contributed by atoms with van der Waals surface area (Å²) in [6.07, 6.45) is 1.93. The van der Waals surface area contributed by atoms with E-state index in [1.165, 1.54) is 0 Å². The summed E-state index contributed by atoms with van der Waals surface area (Å²) in [6.45, 7) is 5.58. The van der Waals surface area contributed by atoms with Crippen LogP contribution in [0.3, 0.4) is 0 Å². The van der Waals surface area contributed by atoms with E-state index in [0.29, 0.717) is 22.3 Å². The van der Waals surface area contributed by atoms with Crippen molar-refractivity contribution in [1.82, 2.24) is 10.2 Å². The van der Waals surface area contributed by atoms with Gasteiger partial charge in [0, 0.05) is 11.7 Å². The number of carbonyl (C=O) groups is 1. The van der Waals surface area contributed by atoms with Crippen molar-refractivity contribution in [3.8, 4) is 6.07 Å². The Balaban J connectivity index is 2.07. The lowest BCUT2D eigenvalue weighted by Crippen LogP contribution is -2.48. The zero-order chi connectivity index (χ0) is 18.1. The number of benzene rings is 1. The van der Waals surface area contributed by atoms with Crippen LogP contribution in [0.5, 0.6) is 0 Å². The second-order valence-electron chi connectivity index (χ2n) is 6.67. The van der Waals surface area contributed by atoms with Gasteiger partial charge in [-0.05, 0) is 63.5 Å². The lowest BCUT2D eigenvalue weighted by Gasteiger charge is -2.38. The Hall–Kier alpha value is -2.39. The van der Waals surface area contributed by atoms with E-state index in [2.05, 4.69) is 11.4 Å². The minimum absolute atomic E-state index is 0.206. The average Bonchev–Trinajstić information content (AvgIpc) is 3.38. The average molecular weight is 355 g/mol. The van der Waals surface area contributed by atoms with Crippen molar-refractivity contribution in [3.05, 3.63) is 46.7 Å². The first-order valence-electron chi connectivity index (χ1n) is 8.44. The molecule has 0 bridgehead atoms. The molecule has 1 saturated carbocycles. The highest BCUT2D eigenvalue weighted by Crippen LogP contribution is 2.38. The van der Waals surface area contributed by atoms with Crippen LogP contribution in [-0.4, -0.2) is 28.1 Å². The van der Waals surface area contributed by atoms with Gasteiger partial charge in [0.1, 0.15) is 0 Å². The highest BCUT2D eigenvalue weighted by molar-refractivity contribution is 7.80. The van der Waals surface area contributed by atoms with E-state index >= 15 is 0 Å². The number of thiocarbonyl (C=S) groups is 1. The first-order chi connectivity index (χ1) is 11.9. The van der Waals surface area contributed by atoms with Crippen molar-refractivity contribution < 1.29 is 9.53 Å². The first kappa shape index (κ1) is 17.4. The van der Waals surface area contributed by atoms with Crippen molar-refractivity contribution in [2.75, 3.05) is 0 Å². The molecule has 3 rings (SSSR count). The Morgan fingerprint density at radius 2 is 2.16 bits per heavy atom. The maximum atomic E-state index is 12.8. The number of hydrogen-bond donors (Lipinski definition) is 1. The number of allylic oxidation sites excluding steroid dienone is 1. The third kappa shape index (κ3) is 3.52. The molecule has 1 heterocycles. The Bertz CT molecular complexity index is 790. The molecule has 1 aromatic rings. The lowest BCUT2D eigenvalue weighted by atomic mass is 9.94. The predicted octanol–water partition coefficient (Wildman–Crippen LogP) is 3.18. The van der Waals surface area contributed by atoms with Crippen molar-refractivity contribution in [2.45, 2.75) is 51.8 Å². The largest absolute Gasteiger partial charge is 0.459 e. The molecule has 1 atom stereocenters. The number of hydrogen-bond acceptors (Lipinski definition) is 4. The van der Waals surface area contributed by atoms with Crippen LogP contribution < -0.4 is 5.32 Å². The van der Waals surface area contributed by atoms with Gasteiger partial charge in [-0.3, -0.25) is 0 Å². The van der Waals surface area contributed by atoms with E-state index in [1.54, 1.807) is 12.1 Å². The Kier molecular flexibility index (Phi) is 4.78. The zero-order valence-electron chi connectivity index (χ0n) is 14.6. The summed E-state index contributed by atoms with van der Waals surface area (Å²) >= 11 is 5.55. The van der Waals surface area contributed by atoms with Crippen molar-refractivity contribution in [3.63, 3.8) is 0 Å². The summed E-state index contributed by atoms with van der Waals surface area (Å²) < 4.78 is 5.48. The predicted molar refractivity (Wildman–Crippen MR) is 98.4 cm³/mol. The van der Waals surface area contributed by atoms with Crippen LogP contribution in [0, 0.1) is 11.3 Å². The third-order valence-corrected chi connectivity index (χ3v) is 4.66. The van der Waals surface area contributed by atoms with Crippen LogP contribution in [0.4, 0.5) is 0 Å². The molecule has 5 nitrogen and oxygen atoms in total. The molecule has 0 radical (unpaired) electrons. The lowest BCUT2D eigenvalue weighted by molar-refractivity contribution is -0.143. The number of ether oxygens (including phenoxy) is 1. The number of carbonyl (C=O) groups excluding carboxylic acids is 1. The van der Waals surface area contributed by atoms with E-state index in [4.69, 9.17) is 17.0 Å². The Morgan fingerprint density at radius 3 is 2.76 bits per heavy atom. The molecule has 130 valence electrons.